The van der Waals surface area contributed by atoms with Gasteiger partial charge in [0.05, 0.1) is 18.7 Å². The fourth-order valence-corrected chi connectivity index (χ4v) is 3.53. The second kappa shape index (κ2) is 7.82. The van der Waals surface area contributed by atoms with Gasteiger partial charge in [-0.05, 0) is 69.4 Å². The molecule has 1 N–H and O–H groups in total. The lowest BCUT2D eigenvalue weighted by atomic mass is 10.1. The molecule has 1 aromatic heterocycles. The van der Waals surface area contributed by atoms with Gasteiger partial charge in [-0.2, -0.15) is 11.3 Å². The van der Waals surface area contributed by atoms with Crippen LogP contribution in [0.2, 0.25) is 0 Å². The van der Waals surface area contributed by atoms with Crippen LogP contribution in [0.3, 0.4) is 0 Å². The number of ether oxygens (including phenoxy) is 2. The summed E-state index contributed by atoms with van der Waals surface area (Å²) in [6.45, 7) is 3.00. The minimum atomic E-state index is 0.423. The third-order valence-electron chi connectivity index (χ3n) is 3.27. The van der Waals surface area contributed by atoms with Crippen LogP contribution in [0.4, 0.5) is 0 Å². The summed E-state index contributed by atoms with van der Waals surface area (Å²) in [5.74, 6) is 1.47. The van der Waals surface area contributed by atoms with Gasteiger partial charge >= 0.3 is 0 Å². The van der Waals surface area contributed by atoms with E-state index >= 15 is 0 Å². The maximum Gasteiger partial charge on any atom is 0.174 e. The van der Waals surface area contributed by atoms with Crippen molar-refractivity contribution < 1.29 is 9.47 Å². The van der Waals surface area contributed by atoms with E-state index < -0.39 is 0 Å². The van der Waals surface area contributed by atoms with Crippen LogP contribution in [0.5, 0.6) is 11.5 Å². The first-order chi connectivity index (χ1) is 10.1. The smallest absolute Gasteiger partial charge is 0.174 e. The van der Waals surface area contributed by atoms with E-state index in [-0.39, 0.29) is 0 Å². The summed E-state index contributed by atoms with van der Waals surface area (Å²) in [6.07, 6.45) is 1.04. The van der Waals surface area contributed by atoms with Crippen LogP contribution in [0, 0.1) is 0 Å². The van der Waals surface area contributed by atoms with Crippen LogP contribution in [-0.4, -0.2) is 20.3 Å². The summed E-state index contributed by atoms with van der Waals surface area (Å²) < 4.78 is 11.6. The maximum atomic E-state index is 5.37. The van der Waals surface area contributed by atoms with E-state index in [1.54, 1.807) is 25.6 Å². The van der Waals surface area contributed by atoms with E-state index in [0.717, 1.165) is 34.5 Å². The first kappa shape index (κ1) is 16.3. The number of nitrogens with one attached hydrogen (secondary N) is 1. The SMILES string of the molecule is COc1cc(CNC(C)Cc2ccsc2)cc(Br)c1OC. The Morgan fingerprint density at radius 3 is 2.67 bits per heavy atom. The van der Waals surface area contributed by atoms with Crippen LogP contribution < -0.4 is 14.8 Å². The van der Waals surface area contributed by atoms with E-state index in [4.69, 9.17) is 9.47 Å². The van der Waals surface area contributed by atoms with Crippen LogP contribution in [0.25, 0.3) is 0 Å². The summed E-state index contributed by atoms with van der Waals surface area (Å²) in [7, 11) is 3.30. The number of methoxy groups -OCH3 is 2. The van der Waals surface area contributed by atoms with Crippen molar-refractivity contribution in [1.82, 2.24) is 5.32 Å². The Morgan fingerprint density at radius 1 is 1.24 bits per heavy atom. The van der Waals surface area contributed by atoms with Gasteiger partial charge in [0.2, 0.25) is 0 Å². The van der Waals surface area contributed by atoms with Gasteiger partial charge in [0, 0.05) is 12.6 Å². The van der Waals surface area contributed by atoms with E-state index in [1.807, 2.05) is 6.07 Å². The van der Waals surface area contributed by atoms with Crippen molar-refractivity contribution in [1.29, 1.82) is 0 Å². The molecule has 1 heterocycles. The molecule has 1 aromatic carbocycles. The zero-order valence-corrected chi connectivity index (χ0v) is 14.9. The fourth-order valence-electron chi connectivity index (χ4n) is 2.20. The number of benzene rings is 1. The monoisotopic (exact) mass is 369 g/mol. The molecule has 3 nitrogen and oxygen atoms in total. The molecule has 21 heavy (non-hydrogen) atoms. The second-order valence-corrected chi connectivity index (χ2v) is 6.57. The molecule has 1 atom stereocenters. The summed E-state index contributed by atoms with van der Waals surface area (Å²) in [5.41, 5.74) is 2.55. The molecule has 2 rings (SSSR count). The third kappa shape index (κ3) is 4.46. The number of hydrogen-bond acceptors (Lipinski definition) is 4. The van der Waals surface area contributed by atoms with Crippen molar-refractivity contribution in [2.45, 2.75) is 25.9 Å². The van der Waals surface area contributed by atoms with E-state index in [0.29, 0.717) is 6.04 Å². The Morgan fingerprint density at radius 2 is 2.05 bits per heavy atom. The lowest BCUT2D eigenvalue weighted by Gasteiger charge is -2.15. The molecular weight excluding hydrogens is 350 g/mol. The van der Waals surface area contributed by atoms with Crippen LogP contribution in [-0.2, 0) is 13.0 Å². The van der Waals surface area contributed by atoms with E-state index in [2.05, 4.69) is 51.1 Å². The summed E-state index contributed by atoms with van der Waals surface area (Å²) >= 11 is 5.27. The minimum Gasteiger partial charge on any atom is -0.493 e. The molecule has 2 aromatic rings. The first-order valence-electron chi connectivity index (χ1n) is 6.79. The normalized spacial score (nSPS) is 12.2. The van der Waals surface area contributed by atoms with Crippen molar-refractivity contribution in [3.63, 3.8) is 0 Å². The van der Waals surface area contributed by atoms with Gasteiger partial charge in [0.15, 0.2) is 11.5 Å². The topological polar surface area (TPSA) is 30.5 Å². The number of thiophene rings is 1. The predicted molar refractivity (Wildman–Crippen MR) is 91.6 cm³/mol. The molecule has 0 saturated heterocycles. The molecule has 0 aliphatic heterocycles. The van der Waals surface area contributed by atoms with Gasteiger partial charge in [0.1, 0.15) is 0 Å². The van der Waals surface area contributed by atoms with Gasteiger partial charge < -0.3 is 14.8 Å². The van der Waals surface area contributed by atoms with E-state index in [1.165, 1.54) is 5.56 Å². The molecule has 0 bridgehead atoms. The van der Waals surface area contributed by atoms with Gasteiger partial charge in [-0.3, -0.25) is 0 Å². The van der Waals surface area contributed by atoms with Gasteiger partial charge in [-0.15, -0.1) is 0 Å². The molecule has 0 fully saturated rings. The molecule has 5 heteroatoms. The van der Waals surface area contributed by atoms with Crippen LogP contribution >= 0.6 is 27.3 Å². The van der Waals surface area contributed by atoms with Crippen molar-refractivity contribution in [2.24, 2.45) is 0 Å². The van der Waals surface area contributed by atoms with Crippen molar-refractivity contribution >= 4 is 27.3 Å². The van der Waals surface area contributed by atoms with Crippen molar-refractivity contribution in [3.05, 3.63) is 44.6 Å². The third-order valence-corrected chi connectivity index (χ3v) is 4.59. The molecule has 0 aliphatic rings. The number of hydrogen-bond donors (Lipinski definition) is 1. The minimum absolute atomic E-state index is 0.423. The Balaban J connectivity index is 1.98. The summed E-state index contributed by atoms with van der Waals surface area (Å²) in [5, 5.41) is 7.86. The summed E-state index contributed by atoms with van der Waals surface area (Å²) in [6, 6.07) is 6.67. The molecule has 1 unspecified atom stereocenters. The lowest BCUT2D eigenvalue weighted by molar-refractivity contribution is 0.352. The van der Waals surface area contributed by atoms with E-state index in [9.17, 15) is 0 Å². The zero-order chi connectivity index (χ0) is 15.2. The molecular formula is C16H20BrNO2S. The van der Waals surface area contributed by atoms with Crippen molar-refractivity contribution in [2.75, 3.05) is 14.2 Å². The Bertz CT molecular complexity index is 572. The van der Waals surface area contributed by atoms with Gasteiger partial charge in [0.25, 0.3) is 0 Å². The Hall–Kier alpha value is -1.04. The quantitative estimate of drug-likeness (QED) is 0.791. The zero-order valence-electron chi connectivity index (χ0n) is 12.5. The molecule has 0 spiro atoms. The molecule has 114 valence electrons. The van der Waals surface area contributed by atoms with Crippen molar-refractivity contribution in [3.8, 4) is 11.5 Å². The lowest BCUT2D eigenvalue weighted by Crippen LogP contribution is -2.27. The molecule has 0 amide bonds. The Kier molecular flexibility index (Phi) is 6.08. The predicted octanol–water partition coefficient (Wildman–Crippen LogP) is 4.25. The average Bonchev–Trinajstić information content (AvgIpc) is 2.97. The summed E-state index contributed by atoms with van der Waals surface area (Å²) in [4.78, 5) is 0. The fraction of sp³-hybridized carbons (Fsp3) is 0.375. The Labute approximate surface area is 138 Å². The molecule has 0 saturated carbocycles. The number of halogens is 1. The standard InChI is InChI=1S/C16H20BrNO2S/c1-11(6-12-4-5-21-10-12)18-9-13-7-14(17)16(20-3)15(8-13)19-2/h4-5,7-8,10-11,18H,6,9H2,1-3H3. The highest BCUT2D eigenvalue weighted by Crippen LogP contribution is 2.36. The van der Waals surface area contributed by atoms with Gasteiger partial charge in [-0.25, -0.2) is 0 Å². The second-order valence-electron chi connectivity index (χ2n) is 4.93. The van der Waals surface area contributed by atoms with Crippen LogP contribution in [0.1, 0.15) is 18.1 Å². The van der Waals surface area contributed by atoms with Gasteiger partial charge in [-0.1, -0.05) is 0 Å². The number of rotatable bonds is 7. The highest BCUT2D eigenvalue weighted by molar-refractivity contribution is 9.10. The highest BCUT2D eigenvalue weighted by Gasteiger charge is 2.11. The molecule has 0 radical (unpaired) electrons. The maximum absolute atomic E-state index is 5.37. The molecule has 0 aliphatic carbocycles. The average molecular weight is 370 g/mol. The highest BCUT2D eigenvalue weighted by atomic mass is 79.9. The largest absolute Gasteiger partial charge is 0.493 e. The first-order valence-corrected chi connectivity index (χ1v) is 8.52. The van der Waals surface area contributed by atoms with Crippen LogP contribution in [0.15, 0.2) is 33.4 Å².